The summed E-state index contributed by atoms with van der Waals surface area (Å²) in [7, 11) is 0. The van der Waals surface area contributed by atoms with Crippen LogP contribution in [0.15, 0.2) is 35.5 Å². The van der Waals surface area contributed by atoms with E-state index in [0.29, 0.717) is 0 Å². The molecule has 0 heterocycles. The number of nitrogens with one attached hydrogen (secondary N) is 2. The second kappa shape index (κ2) is 5.87. The summed E-state index contributed by atoms with van der Waals surface area (Å²) >= 11 is 5.36. The highest BCUT2D eigenvalue weighted by atomic mass is 35.5. The van der Waals surface area contributed by atoms with E-state index < -0.39 is 6.09 Å². The second-order valence-electron chi connectivity index (χ2n) is 2.58. The molecule has 0 unspecified atom stereocenters. The van der Waals surface area contributed by atoms with Crippen LogP contribution < -0.4 is 10.9 Å². The summed E-state index contributed by atoms with van der Waals surface area (Å²) in [6, 6.07) is 9.10. The SMILES string of the molecule is C/C(Cl)=N/OC(=O)NNc1ccccc1. The fourth-order valence-corrected chi connectivity index (χ4v) is 0.806. The van der Waals surface area contributed by atoms with Gasteiger partial charge in [-0.05, 0) is 19.1 Å². The first-order chi connectivity index (χ1) is 7.18. The lowest BCUT2D eigenvalue weighted by Gasteiger charge is -2.05. The molecular weight excluding hydrogens is 218 g/mol. The maximum Gasteiger partial charge on any atom is 0.452 e. The average Bonchev–Trinajstić information content (AvgIpc) is 2.25. The highest BCUT2D eigenvalue weighted by Crippen LogP contribution is 2.02. The molecule has 1 rings (SSSR count). The van der Waals surface area contributed by atoms with Gasteiger partial charge in [-0.3, -0.25) is 10.3 Å². The van der Waals surface area contributed by atoms with Gasteiger partial charge in [0.25, 0.3) is 0 Å². The van der Waals surface area contributed by atoms with Gasteiger partial charge in [-0.15, -0.1) is 0 Å². The Morgan fingerprint density at radius 1 is 1.40 bits per heavy atom. The maximum atomic E-state index is 11.0. The maximum absolute atomic E-state index is 11.0. The lowest BCUT2D eigenvalue weighted by atomic mass is 10.3. The Morgan fingerprint density at radius 3 is 2.67 bits per heavy atom. The minimum atomic E-state index is -0.737. The van der Waals surface area contributed by atoms with Crippen molar-refractivity contribution in [3.05, 3.63) is 30.3 Å². The first kappa shape index (κ1) is 11.3. The Bertz CT molecular complexity index is 350. The third-order valence-electron chi connectivity index (χ3n) is 1.34. The van der Waals surface area contributed by atoms with Crippen molar-refractivity contribution in [2.45, 2.75) is 6.92 Å². The molecule has 2 N–H and O–H groups in total. The molecule has 1 aromatic carbocycles. The number of anilines is 1. The Kier molecular flexibility index (Phi) is 4.43. The number of carbonyl (C=O) groups is 1. The van der Waals surface area contributed by atoms with Crippen LogP contribution in [0.3, 0.4) is 0 Å². The van der Waals surface area contributed by atoms with Crippen molar-refractivity contribution in [3.63, 3.8) is 0 Å². The van der Waals surface area contributed by atoms with Crippen LogP contribution in [-0.4, -0.2) is 11.3 Å². The van der Waals surface area contributed by atoms with E-state index in [-0.39, 0.29) is 5.17 Å². The van der Waals surface area contributed by atoms with Gasteiger partial charge in [0, 0.05) is 0 Å². The van der Waals surface area contributed by atoms with Crippen LogP contribution in [0.4, 0.5) is 10.5 Å². The summed E-state index contributed by atoms with van der Waals surface area (Å²) < 4.78 is 0. The number of hydrogen-bond acceptors (Lipinski definition) is 4. The summed E-state index contributed by atoms with van der Waals surface area (Å²) in [6.07, 6.45) is -0.737. The molecular formula is C9H10ClN3O2. The number of carbonyl (C=O) groups excluding carboxylic acids is 1. The summed E-state index contributed by atoms with van der Waals surface area (Å²) in [5.74, 6) is 0. The largest absolute Gasteiger partial charge is 0.452 e. The zero-order chi connectivity index (χ0) is 11.1. The number of amides is 1. The van der Waals surface area contributed by atoms with Crippen molar-refractivity contribution >= 4 is 28.6 Å². The summed E-state index contributed by atoms with van der Waals surface area (Å²) in [4.78, 5) is 15.3. The number of hydrogen-bond donors (Lipinski definition) is 2. The Labute approximate surface area is 92.0 Å². The van der Waals surface area contributed by atoms with E-state index in [9.17, 15) is 4.79 Å². The third kappa shape index (κ3) is 4.87. The first-order valence-electron chi connectivity index (χ1n) is 4.16. The number of hydrazine groups is 1. The molecule has 0 spiro atoms. The van der Waals surface area contributed by atoms with Crippen LogP contribution in [0, 0.1) is 0 Å². The van der Waals surface area contributed by atoms with Crippen molar-refractivity contribution < 1.29 is 9.63 Å². The van der Waals surface area contributed by atoms with Gasteiger partial charge in [-0.1, -0.05) is 35.0 Å². The van der Waals surface area contributed by atoms with Gasteiger partial charge in [0.2, 0.25) is 0 Å². The highest BCUT2D eigenvalue weighted by Gasteiger charge is 1.99. The summed E-state index contributed by atoms with van der Waals surface area (Å²) in [5, 5.41) is 3.41. The third-order valence-corrected chi connectivity index (χ3v) is 1.41. The van der Waals surface area contributed by atoms with Crippen LogP contribution in [0.5, 0.6) is 0 Å². The molecule has 15 heavy (non-hydrogen) atoms. The number of halogens is 1. The van der Waals surface area contributed by atoms with Crippen molar-refractivity contribution in [3.8, 4) is 0 Å². The molecule has 0 fully saturated rings. The lowest BCUT2D eigenvalue weighted by Crippen LogP contribution is -2.28. The molecule has 0 radical (unpaired) electrons. The fourth-order valence-electron chi connectivity index (χ4n) is 0.772. The fraction of sp³-hybridized carbons (Fsp3) is 0.111. The highest BCUT2D eigenvalue weighted by molar-refractivity contribution is 6.64. The molecule has 0 atom stereocenters. The van der Waals surface area contributed by atoms with Gasteiger partial charge in [0.15, 0.2) is 0 Å². The Morgan fingerprint density at radius 2 is 2.07 bits per heavy atom. The van der Waals surface area contributed by atoms with Crippen molar-refractivity contribution in [1.29, 1.82) is 0 Å². The second-order valence-corrected chi connectivity index (χ2v) is 3.13. The lowest BCUT2D eigenvalue weighted by molar-refractivity contribution is 0.153. The molecule has 0 aromatic heterocycles. The van der Waals surface area contributed by atoms with Gasteiger partial charge in [0.1, 0.15) is 5.17 Å². The van der Waals surface area contributed by atoms with Crippen molar-refractivity contribution in [2.75, 3.05) is 5.43 Å². The number of oxime groups is 1. The number of benzene rings is 1. The monoisotopic (exact) mass is 227 g/mol. The summed E-state index contributed by atoms with van der Waals surface area (Å²) in [6.45, 7) is 1.50. The van der Waals surface area contributed by atoms with Gasteiger partial charge < -0.3 is 0 Å². The molecule has 0 aliphatic heterocycles. The number of para-hydroxylation sites is 1. The summed E-state index contributed by atoms with van der Waals surface area (Å²) in [5.41, 5.74) is 5.65. The van der Waals surface area contributed by atoms with Gasteiger partial charge in [0.05, 0.1) is 5.69 Å². The zero-order valence-electron chi connectivity index (χ0n) is 8.03. The molecule has 0 saturated carbocycles. The standard InChI is InChI=1S/C9H10ClN3O2/c1-7(10)13-15-9(14)12-11-8-5-3-2-4-6-8/h2-6,11H,1H3,(H,12,14)/b13-7-. The topological polar surface area (TPSA) is 62.7 Å². The van der Waals surface area contributed by atoms with E-state index in [1.54, 1.807) is 12.1 Å². The molecule has 6 heteroatoms. The Balaban J connectivity index is 2.32. The van der Waals surface area contributed by atoms with Crippen molar-refractivity contribution in [2.24, 2.45) is 5.16 Å². The van der Waals surface area contributed by atoms with Crippen LogP contribution in [-0.2, 0) is 4.84 Å². The minimum absolute atomic E-state index is 0.143. The van der Waals surface area contributed by atoms with Crippen LogP contribution in [0.1, 0.15) is 6.92 Å². The van der Waals surface area contributed by atoms with E-state index in [0.717, 1.165) is 5.69 Å². The molecule has 0 bridgehead atoms. The zero-order valence-corrected chi connectivity index (χ0v) is 8.78. The van der Waals surface area contributed by atoms with Crippen LogP contribution in [0.2, 0.25) is 0 Å². The quantitative estimate of drug-likeness (QED) is 0.473. The smallest absolute Gasteiger partial charge is 0.296 e. The molecule has 5 nitrogen and oxygen atoms in total. The van der Waals surface area contributed by atoms with Crippen LogP contribution >= 0.6 is 11.6 Å². The van der Waals surface area contributed by atoms with Crippen LogP contribution in [0.25, 0.3) is 0 Å². The van der Waals surface area contributed by atoms with E-state index >= 15 is 0 Å². The van der Waals surface area contributed by atoms with E-state index in [1.807, 2.05) is 18.2 Å². The van der Waals surface area contributed by atoms with Gasteiger partial charge in [-0.2, -0.15) is 0 Å². The normalized spacial score (nSPS) is 10.7. The predicted octanol–water partition coefficient (Wildman–Crippen LogP) is 2.31. The van der Waals surface area contributed by atoms with E-state index in [4.69, 9.17) is 11.6 Å². The first-order valence-corrected chi connectivity index (χ1v) is 4.54. The van der Waals surface area contributed by atoms with Gasteiger partial charge in [-0.25, -0.2) is 10.2 Å². The average molecular weight is 228 g/mol. The predicted molar refractivity (Wildman–Crippen MR) is 58.6 cm³/mol. The number of nitrogens with zero attached hydrogens (tertiary/aromatic N) is 1. The molecule has 0 aliphatic carbocycles. The van der Waals surface area contributed by atoms with E-state index in [2.05, 4.69) is 20.8 Å². The molecule has 0 aliphatic rings. The van der Waals surface area contributed by atoms with Crippen molar-refractivity contribution in [1.82, 2.24) is 5.43 Å². The van der Waals surface area contributed by atoms with E-state index in [1.165, 1.54) is 6.92 Å². The molecule has 80 valence electrons. The Hall–Kier alpha value is -1.75. The molecule has 1 amide bonds. The number of rotatable bonds is 3. The minimum Gasteiger partial charge on any atom is -0.296 e. The van der Waals surface area contributed by atoms with Gasteiger partial charge >= 0.3 is 6.09 Å². The molecule has 1 aromatic rings. The molecule has 0 saturated heterocycles.